The minimum atomic E-state index is -3.85. The van der Waals surface area contributed by atoms with E-state index in [2.05, 4.69) is 19.9 Å². The number of hydrogen-bond donors (Lipinski definition) is 1. The van der Waals surface area contributed by atoms with Gasteiger partial charge in [-0.3, -0.25) is 9.55 Å². The lowest BCUT2D eigenvalue weighted by Crippen LogP contribution is -2.29. The molecule has 0 bridgehead atoms. The van der Waals surface area contributed by atoms with E-state index in [1.54, 1.807) is 23.8 Å². The van der Waals surface area contributed by atoms with Crippen LogP contribution >= 0.6 is 23.2 Å². The Morgan fingerprint density at radius 2 is 1.93 bits per heavy atom. The Morgan fingerprint density at radius 3 is 2.55 bits per heavy atom. The van der Waals surface area contributed by atoms with Gasteiger partial charge in [-0.15, -0.1) is 5.10 Å². The number of aromatic nitrogens is 4. The molecule has 0 saturated carbocycles. The number of ether oxygens (including phenoxy) is 1. The molecule has 0 aliphatic carbocycles. The Hall–Kier alpha value is -2.20. The van der Waals surface area contributed by atoms with Crippen molar-refractivity contribution in [1.29, 1.82) is 0 Å². The van der Waals surface area contributed by atoms with Gasteiger partial charge in [-0.25, -0.2) is 13.1 Å². The van der Waals surface area contributed by atoms with Gasteiger partial charge >= 0.3 is 6.01 Å². The molecule has 29 heavy (non-hydrogen) atoms. The quantitative estimate of drug-likeness (QED) is 0.574. The van der Waals surface area contributed by atoms with Crippen molar-refractivity contribution in [1.82, 2.24) is 24.5 Å². The van der Waals surface area contributed by atoms with Crippen molar-refractivity contribution in [3.05, 3.63) is 58.1 Å². The zero-order valence-electron chi connectivity index (χ0n) is 15.9. The molecule has 3 aromatic rings. The van der Waals surface area contributed by atoms with Gasteiger partial charge in [0.05, 0.1) is 27.2 Å². The molecule has 0 spiro atoms. The molecule has 0 unspecified atom stereocenters. The topological polar surface area (TPSA) is 99.0 Å². The van der Waals surface area contributed by atoms with Gasteiger partial charge in [0.25, 0.3) is 0 Å². The number of rotatable bonds is 7. The third-order valence-electron chi connectivity index (χ3n) is 4.08. The maximum absolute atomic E-state index is 12.7. The van der Waals surface area contributed by atoms with E-state index in [0.29, 0.717) is 18.1 Å². The van der Waals surface area contributed by atoms with E-state index in [1.165, 1.54) is 18.2 Å². The molecule has 0 aliphatic heterocycles. The summed E-state index contributed by atoms with van der Waals surface area (Å²) in [4.78, 5) is 4.18. The van der Waals surface area contributed by atoms with Crippen molar-refractivity contribution in [2.45, 2.75) is 38.3 Å². The number of nitrogens with zero attached hydrogens (tertiary/aromatic N) is 4. The van der Waals surface area contributed by atoms with Gasteiger partial charge in [0.1, 0.15) is 5.75 Å². The molecule has 1 atom stereocenters. The summed E-state index contributed by atoms with van der Waals surface area (Å²) in [6.07, 6.45) is 1.58. The number of aryl methyl sites for hydroxylation is 1. The SMILES string of the molecule is CCn1c(Oc2ccc(C)nc2)nnc1[C@@H](C)NS(=O)(=O)c1ccc(Cl)c(Cl)c1. The molecule has 11 heteroatoms. The van der Waals surface area contributed by atoms with Crippen LogP contribution in [0.15, 0.2) is 41.4 Å². The van der Waals surface area contributed by atoms with E-state index in [0.717, 1.165) is 5.69 Å². The van der Waals surface area contributed by atoms with Gasteiger partial charge in [0.15, 0.2) is 5.82 Å². The highest BCUT2D eigenvalue weighted by atomic mass is 35.5. The molecule has 3 rings (SSSR count). The predicted molar refractivity (Wildman–Crippen MR) is 110 cm³/mol. The second kappa shape index (κ2) is 8.66. The lowest BCUT2D eigenvalue weighted by molar-refractivity contribution is 0.406. The van der Waals surface area contributed by atoms with Gasteiger partial charge < -0.3 is 4.74 Å². The van der Waals surface area contributed by atoms with E-state index >= 15 is 0 Å². The van der Waals surface area contributed by atoms with Gasteiger partial charge in [0.2, 0.25) is 10.0 Å². The molecule has 2 heterocycles. The maximum Gasteiger partial charge on any atom is 0.322 e. The number of hydrogen-bond acceptors (Lipinski definition) is 6. The lowest BCUT2D eigenvalue weighted by Gasteiger charge is -2.15. The first-order chi connectivity index (χ1) is 13.7. The third-order valence-corrected chi connectivity index (χ3v) is 6.35. The summed E-state index contributed by atoms with van der Waals surface area (Å²) in [6.45, 7) is 5.91. The van der Waals surface area contributed by atoms with Crippen molar-refractivity contribution in [2.24, 2.45) is 0 Å². The summed E-state index contributed by atoms with van der Waals surface area (Å²) in [5.74, 6) is 0.916. The van der Waals surface area contributed by atoms with Gasteiger partial charge in [-0.2, -0.15) is 0 Å². The first kappa shape index (κ1) is 21.5. The average Bonchev–Trinajstić information content (AvgIpc) is 3.08. The van der Waals surface area contributed by atoms with Crippen LogP contribution in [-0.4, -0.2) is 28.2 Å². The molecular weight excluding hydrogens is 437 g/mol. The van der Waals surface area contributed by atoms with E-state index in [9.17, 15) is 8.42 Å². The summed E-state index contributed by atoms with van der Waals surface area (Å²) >= 11 is 11.8. The normalized spacial score (nSPS) is 12.7. The Bertz CT molecular complexity index is 1120. The largest absolute Gasteiger partial charge is 0.423 e. The maximum atomic E-state index is 12.7. The van der Waals surface area contributed by atoms with Crippen LogP contribution < -0.4 is 9.46 Å². The van der Waals surface area contributed by atoms with E-state index in [4.69, 9.17) is 27.9 Å². The summed E-state index contributed by atoms with van der Waals surface area (Å²) in [7, 11) is -3.85. The standard InChI is InChI=1S/C18H19Cl2N5O3S/c1-4-25-17(22-23-18(25)28-13-6-5-11(2)21-10-13)12(3)24-29(26,27)14-7-8-15(19)16(20)9-14/h5-10,12,24H,4H2,1-3H3/t12-/m1/s1. The van der Waals surface area contributed by atoms with Crippen molar-refractivity contribution in [3.8, 4) is 11.8 Å². The highest BCUT2D eigenvalue weighted by Gasteiger charge is 2.24. The molecule has 0 aliphatic rings. The molecule has 0 saturated heterocycles. The summed E-state index contributed by atoms with van der Waals surface area (Å²) in [5.41, 5.74) is 0.861. The number of benzene rings is 1. The predicted octanol–water partition coefficient (Wildman–Crippen LogP) is 4.14. The van der Waals surface area contributed by atoms with Crippen LogP contribution in [0.2, 0.25) is 10.0 Å². The Kier molecular flexibility index (Phi) is 6.42. The second-order valence-electron chi connectivity index (χ2n) is 6.24. The fourth-order valence-corrected chi connectivity index (χ4v) is 4.20. The van der Waals surface area contributed by atoms with Crippen molar-refractivity contribution >= 4 is 33.2 Å². The van der Waals surface area contributed by atoms with Crippen LogP contribution in [0.3, 0.4) is 0 Å². The smallest absolute Gasteiger partial charge is 0.322 e. The number of nitrogens with one attached hydrogen (secondary N) is 1. The van der Waals surface area contributed by atoms with E-state index < -0.39 is 16.1 Å². The van der Waals surface area contributed by atoms with Gasteiger partial charge in [0, 0.05) is 12.2 Å². The van der Waals surface area contributed by atoms with Crippen LogP contribution in [0.1, 0.15) is 31.4 Å². The molecule has 8 nitrogen and oxygen atoms in total. The number of halogens is 2. The molecule has 2 aromatic heterocycles. The van der Waals surface area contributed by atoms with E-state index in [1.807, 2.05) is 19.9 Å². The molecule has 0 fully saturated rings. The Morgan fingerprint density at radius 1 is 1.17 bits per heavy atom. The molecular formula is C18H19Cl2N5O3S. The number of pyridine rings is 1. The fraction of sp³-hybridized carbons (Fsp3) is 0.278. The summed E-state index contributed by atoms with van der Waals surface area (Å²) in [6, 6.07) is 7.27. The highest BCUT2D eigenvalue weighted by Crippen LogP contribution is 2.27. The van der Waals surface area contributed by atoms with Gasteiger partial charge in [-0.1, -0.05) is 28.3 Å². The Labute approximate surface area is 178 Å². The van der Waals surface area contributed by atoms with Gasteiger partial charge in [-0.05, 0) is 51.1 Å². The van der Waals surface area contributed by atoms with Crippen LogP contribution in [0.4, 0.5) is 0 Å². The van der Waals surface area contributed by atoms with E-state index in [-0.39, 0.29) is 21.0 Å². The summed E-state index contributed by atoms with van der Waals surface area (Å²) in [5, 5.41) is 8.58. The molecule has 1 N–H and O–H groups in total. The number of sulfonamides is 1. The zero-order valence-corrected chi connectivity index (χ0v) is 18.3. The molecule has 0 amide bonds. The van der Waals surface area contributed by atoms with Crippen LogP contribution in [-0.2, 0) is 16.6 Å². The van der Waals surface area contributed by atoms with Crippen LogP contribution in [0.5, 0.6) is 11.8 Å². The second-order valence-corrected chi connectivity index (χ2v) is 8.77. The van der Waals surface area contributed by atoms with Crippen molar-refractivity contribution < 1.29 is 13.2 Å². The van der Waals surface area contributed by atoms with Crippen LogP contribution in [0.25, 0.3) is 0 Å². The Balaban J connectivity index is 1.83. The first-order valence-electron chi connectivity index (χ1n) is 8.72. The van der Waals surface area contributed by atoms with Crippen LogP contribution in [0, 0.1) is 6.92 Å². The highest BCUT2D eigenvalue weighted by molar-refractivity contribution is 7.89. The zero-order chi connectivity index (χ0) is 21.2. The minimum absolute atomic E-state index is 0.00326. The lowest BCUT2D eigenvalue weighted by atomic mass is 10.3. The van der Waals surface area contributed by atoms with Crippen molar-refractivity contribution in [2.75, 3.05) is 0 Å². The third kappa shape index (κ3) is 4.87. The average molecular weight is 456 g/mol. The van der Waals surface area contributed by atoms with Crippen molar-refractivity contribution in [3.63, 3.8) is 0 Å². The molecule has 0 radical (unpaired) electrons. The monoisotopic (exact) mass is 455 g/mol. The summed E-state index contributed by atoms with van der Waals surface area (Å²) < 4.78 is 35.4. The molecule has 154 valence electrons. The minimum Gasteiger partial charge on any atom is -0.423 e. The first-order valence-corrected chi connectivity index (χ1v) is 11.0. The molecule has 1 aromatic carbocycles. The fourth-order valence-electron chi connectivity index (χ4n) is 2.61.